The highest BCUT2D eigenvalue weighted by Crippen LogP contribution is 2.10. The third-order valence-corrected chi connectivity index (χ3v) is 2.84. The van der Waals surface area contributed by atoms with Crippen LogP contribution in [0.25, 0.3) is 0 Å². The zero-order valence-electron chi connectivity index (χ0n) is 11.4. The van der Waals surface area contributed by atoms with Gasteiger partial charge in [-0.25, -0.2) is 4.98 Å². The van der Waals surface area contributed by atoms with E-state index in [4.69, 9.17) is 10.5 Å². The summed E-state index contributed by atoms with van der Waals surface area (Å²) >= 11 is 0. The SMILES string of the molecule is COc1cc(CNC(=O)C(N)c2cnn(C)c2)ccn1. The molecule has 0 spiro atoms. The number of nitrogens with zero attached hydrogens (tertiary/aromatic N) is 3. The molecule has 0 aromatic carbocycles. The number of hydrogen-bond acceptors (Lipinski definition) is 5. The molecule has 0 radical (unpaired) electrons. The first-order chi connectivity index (χ1) is 9.60. The predicted molar refractivity (Wildman–Crippen MR) is 72.8 cm³/mol. The van der Waals surface area contributed by atoms with Gasteiger partial charge in [-0.2, -0.15) is 5.10 Å². The zero-order chi connectivity index (χ0) is 14.5. The number of nitrogens with one attached hydrogen (secondary N) is 1. The van der Waals surface area contributed by atoms with Crippen molar-refractivity contribution in [3.63, 3.8) is 0 Å². The Hall–Kier alpha value is -2.41. The highest BCUT2D eigenvalue weighted by Gasteiger charge is 2.16. The molecule has 106 valence electrons. The second-order valence-electron chi connectivity index (χ2n) is 4.35. The van der Waals surface area contributed by atoms with Gasteiger partial charge >= 0.3 is 0 Å². The summed E-state index contributed by atoms with van der Waals surface area (Å²) in [7, 11) is 3.32. The number of aryl methyl sites for hydroxylation is 1. The standard InChI is InChI=1S/C13H17N5O2/c1-18-8-10(7-17-18)12(14)13(19)16-6-9-3-4-15-11(5-9)20-2/h3-5,7-8,12H,6,14H2,1-2H3,(H,16,19). The number of methoxy groups -OCH3 is 1. The van der Waals surface area contributed by atoms with Gasteiger partial charge in [-0.1, -0.05) is 0 Å². The number of amides is 1. The molecular weight excluding hydrogens is 258 g/mol. The van der Waals surface area contributed by atoms with E-state index in [1.54, 1.807) is 49.6 Å². The summed E-state index contributed by atoms with van der Waals surface area (Å²) in [5.41, 5.74) is 7.44. The zero-order valence-corrected chi connectivity index (χ0v) is 11.4. The minimum Gasteiger partial charge on any atom is -0.481 e. The van der Waals surface area contributed by atoms with Gasteiger partial charge in [0.05, 0.1) is 13.3 Å². The molecule has 0 bridgehead atoms. The number of rotatable bonds is 5. The molecule has 3 N–H and O–H groups in total. The summed E-state index contributed by atoms with van der Waals surface area (Å²) in [5, 5.41) is 6.77. The van der Waals surface area contributed by atoms with Gasteiger partial charge in [-0.05, 0) is 11.6 Å². The van der Waals surface area contributed by atoms with Crippen molar-refractivity contribution < 1.29 is 9.53 Å². The summed E-state index contributed by atoms with van der Waals surface area (Å²) in [6, 6.07) is 2.83. The Bertz CT molecular complexity index is 596. The van der Waals surface area contributed by atoms with Crippen molar-refractivity contribution in [3.05, 3.63) is 41.9 Å². The first kappa shape index (κ1) is 14.0. The first-order valence-electron chi connectivity index (χ1n) is 6.11. The minimum atomic E-state index is -0.729. The maximum absolute atomic E-state index is 12.0. The van der Waals surface area contributed by atoms with Crippen molar-refractivity contribution in [2.75, 3.05) is 7.11 Å². The maximum atomic E-state index is 12.0. The fraction of sp³-hybridized carbons (Fsp3) is 0.308. The fourth-order valence-electron chi connectivity index (χ4n) is 1.72. The molecule has 0 fully saturated rings. The van der Waals surface area contributed by atoms with Gasteiger partial charge in [-0.3, -0.25) is 9.48 Å². The first-order valence-corrected chi connectivity index (χ1v) is 6.11. The molecule has 7 heteroatoms. The number of carbonyl (C=O) groups is 1. The molecule has 2 heterocycles. The van der Waals surface area contributed by atoms with Crippen molar-refractivity contribution in [2.45, 2.75) is 12.6 Å². The van der Waals surface area contributed by atoms with Gasteiger partial charge in [0.1, 0.15) is 6.04 Å². The van der Waals surface area contributed by atoms with Crippen LogP contribution in [0, 0.1) is 0 Å². The quantitative estimate of drug-likeness (QED) is 0.809. The van der Waals surface area contributed by atoms with Crippen LogP contribution >= 0.6 is 0 Å². The Labute approximate surface area is 116 Å². The molecular formula is C13H17N5O2. The highest BCUT2D eigenvalue weighted by molar-refractivity contribution is 5.82. The molecule has 1 amide bonds. The number of carbonyl (C=O) groups excluding carboxylic acids is 1. The van der Waals surface area contributed by atoms with E-state index < -0.39 is 6.04 Å². The number of ether oxygens (including phenoxy) is 1. The minimum absolute atomic E-state index is 0.256. The maximum Gasteiger partial charge on any atom is 0.241 e. The summed E-state index contributed by atoms with van der Waals surface area (Å²) in [5.74, 6) is 0.252. The lowest BCUT2D eigenvalue weighted by atomic mass is 10.1. The van der Waals surface area contributed by atoms with Gasteiger partial charge in [-0.15, -0.1) is 0 Å². The van der Waals surface area contributed by atoms with E-state index in [1.807, 2.05) is 0 Å². The van der Waals surface area contributed by atoms with Crippen LogP contribution in [-0.2, 0) is 18.4 Å². The summed E-state index contributed by atoms with van der Waals surface area (Å²) in [4.78, 5) is 16.0. The molecule has 0 saturated heterocycles. The van der Waals surface area contributed by atoms with E-state index in [1.165, 1.54) is 0 Å². The summed E-state index contributed by atoms with van der Waals surface area (Å²) in [6.07, 6.45) is 4.93. The molecule has 0 saturated carbocycles. The van der Waals surface area contributed by atoms with Crippen molar-refractivity contribution in [2.24, 2.45) is 12.8 Å². The number of hydrogen-bond donors (Lipinski definition) is 2. The van der Waals surface area contributed by atoms with Crippen LogP contribution in [0.3, 0.4) is 0 Å². The van der Waals surface area contributed by atoms with Crippen molar-refractivity contribution >= 4 is 5.91 Å². The fourth-order valence-corrected chi connectivity index (χ4v) is 1.72. The highest BCUT2D eigenvalue weighted by atomic mass is 16.5. The predicted octanol–water partition coefficient (Wildman–Crippen LogP) is 0.140. The third-order valence-electron chi connectivity index (χ3n) is 2.84. The molecule has 0 aliphatic carbocycles. The molecule has 1 unspecified atom stereocenters. The monoisotopic (exact) mass is 275 g/mol. The normalized spacial score (nSPS) is 11.9. The second kappa shape index (κ2) is 6.16. The van der Waals surface area contributed by atoms with E-state index in [0.29, 0.717) is 18.0 Å². The van der Waals surface area contributed by atoms with Crippen molar-refractivity contribution in [3.8, 4) is 5.88 Å². The van der Waals surface area contributed by atoms with Crippen LogP contribution in [0.2, 0.25) is 0 Å². The van der Waals surface area contributed by atoms with Crippen LogP contribution in [0.5, 0.6) is 5.88 Å². The van der Waals surface area contributed by atoms with Gasteiger partial charge in [0.25, 0.3) is 0 Å². The molecule has 2 rings (SSSR count). The third kappa shape index (κ3) is 3.33. The number of aromatic nitrogens is 3. The molecule has 2 aromatic rings. The Morgan fingerprint density at radius 3 is 3.05 bits per heavy atom. The Morgan fingerprint density at radius 2 is 2.40 bits per heavy atom. The van der Waals surface area contributed by atoms with Crippen LogP contribution in [0.4, 0.5) is 0 Å². The molecule has 2 aromatic heterocycles. The van der Waals surface area contributed by atoms with Gasteiger partial charge in [0, 0.05) is 37.6 Å². The van der Waals surface area contributed by atoms with Crippen molar-refractivity contribution in [1.29, 1.82) is 0 Å². The van der Waals surface area contributed by atoms with Crippen LogP contribution in [0.1, 0.15) is 17.2 Å². The topological polar surface area (TPSA) is 95.1 Å². The van der Waals surface area contributed by atoms with Gasteiger partial charge < -0.3 is 15.8 Å². The van der Waals surface area contributed by atoms with Gasteiger partial charge in [0.2, 0.25) is 11.8 Å². The molecule has 0 aliphatic heterocycles. The van der Waals surface area contributed by atoms with E-state index >= 15 is 0 Å². The van der Waals surface area contributed by atoms with E-state index in [2.05, 4.69) is 15.4 Å². The largest absolute Gasteiger partial charge is 0.481 e. The molecule has 20 heavy (non-hydrogen) atoms. The molecule has 0 aliphatic rings. The lowest BCUT2D eigenvalue weighted by molar-refractivity contribution is -0.122. The van der Waals surface area contributed by atoms with Gasteiger partial charge in [0.15, 0.2) is 0 Å². The molecule has 1 atom stereocenters. The van der Waals surface area contributed by atoms with Crippen LogP contribution in [0.15, 0.2) is 30.7 Å². The molecule has 7 nitrogen and oxygen atoms in total. The van der Waals surface area contributed by atoms with E-state index in [-0.39, 0.29) is 5.91 Å². The average Bonchev–Trinajstić information content (AvgIpc) is 2.90. The smallest absolute Gasteiger partial charge is 0.241 e. The Kier molecular flexibility index (Phi) is 4.31. The van der Waals surface area contributed by atoms with E-state index in [0.717, 1.165) is 5.56 Å². The number of pyridine rings is 1. The average molecular weight is 275 g/mol. The van der Waals surface area contributed by atoms with Crippen molar-refractivity contribution in [1.82, 2.24) is 20.1 Å². The lowest BCUT2D eigenvalue weighted by Crippen LogP contribution is -2.33. The Morgan fingerprint density at radius 1 is 1.60 bits per heavy atom. The van der Waals surface area contributed by atoms with Crippen LogP contribution in [-0.4, -0.2) is 27.8 Å². The summed E-state index contributed by atoms with van der Waals surface area (Å²) in [6.45, 7) is 0.367. The number of nitrogens with two attached hydrogens (primary N) is 1. The Balaban J connectivity index is 1.94. The van der Waals surface area contributed by atoms with E-state index in [9.17, 15) is 4.79 Å². The second-order valence-corrected chi connectivity index (χ2v) is 4.35. The van der Waals surface area contributed by atoms with Crippen LogP contribution < -0.4 is 15.8 Å². The summed E-state index contributed by atoms with van der Waals surface area (Å²) < 4.78 is 6.63. The lowest BCUT2D eigenvalue weighted by Gasteiger charge is -2.11.